The number of nitrogens with one attached hydrogen (secondary N) is 1. The van der Waals surface area contributed by atoms with E-state index in [1.807, 2.05) is 38.1 Å². The Morgan fingerprint density at radius 2 is 2.10 bits per heavy atom. The molecule has 1 atom stereocenters. The van der Waals surface area contributed by atoms with Crippen molar-refractivity contribution >= 4 is 23.2 Å². The Morgan fingerprint density at radius 3 is 2.75 bits per heavy atom. The molecule has 1 heterocycles. The van der Waals surface area contributed by atoms with Crippen molar-refractivity contribution in [1.29, 1.82) is 0 Å². The Hall–Kier alpha value is -1.48. The molecule has 0 unspecified atom stereocenters. The molecule has 3 nitrogen and oxygen atoms in total. The van der Waals surface area contributed by atoms with Crippen LogP contribution in [0, 0.1) is 5.92 Å². The van der Waals surface area contributed by atoms with Gasteiger partial charge in [-0.15, -0.1) is 0 Å². The highest BCUT2D eigenvalue weighted by molar-refractivity contribution is 6.30. The van der Waals surface area contributed by atoms with Gasteiger partial charge in [-0.25, -0.2) is 0 Å². The van der Waals surface area contributed by atoms with Crippen LogP contribution in [0.5, 0.6) is 0 Å². The van der Waals surface area contributed by atoms with Crippen molar-refractivity contribution in [3.63, 3.8) is 0 Å². The van der Waals surface area contributed by atoms with E-state index < -0.39 is 0 Å². The zero-order valence-corrected chi connectivity index (χ0v) is 12.8. The summed E-state index contributed by atoms with van der Waals surface area (Å²) in [5.74, 6) is 0.523. The molecule has 0 aromatic heterocycles. The zero-order chi connectivity index (χ0) is 14.5. The Bertz CT molecular complexity index is 492. The fourth-order valence-corrected chi connectivity index (χ4v) is 2.57. The van der Waals surface area contributed by atoms with Crippen molar-refractivity contribution in [1.82, 2.24) is 5.32 Å². The molecule has 1 aliphatic heterocycles. The lowest BCUT2D eigenvalue weighted by atomic mass is 10.1. The van der Waals surface area contributed by atoms with Crippen LogP contribution < -0.4 is 10.2 Å². The fraction of sp³-hybridized carbons (Fsp3) is 0.438. The summed E-state index contributed by atoms with van der Waals surface area (Å²) in [6.07, 6.45) is 2.75. The molecule has 1 aromatic rings. The van der Waals surface area contributed by atoms with Crippen LogP contribution in [0.1, 0.15) is 20.3 Å². The van der Waals surface area contributed by atoms with Crippen molar-refractivity contribution in [3.05, 3.63) is 40.9 Å². The van der Waals surface area contributed by atoms with Crippen LogP contribution in [-0.2, 0) is 4.79 Å². The largest absolute Gasteiger partial charge is 0.371 e. The standard InChI is InChI=1S/C16H21ClN2O/c1-12(2)9-16(20)18-10-13-7-8-19(11-13)15-5-3-14(17)4-6-15/h3-6,9,13H,7-8,10-11H2,1-2H3,(H,18,20)/t13-/m0/s1. The van der Waals surface area contributed by atoms with E-state index in [1.54, 1.807) is 6.08 Å². The predicted octanol–water partition coefficient (Wildman–Crippen LogP) is 3.25. The topological polar surface area (TPSA) is 32.3 Å². The maximum Gasteiger partial charge on any atom is 0.243 e. The molecule has 1 aliphatic rings. The highest BCUT2D eigenvalue weighted by atomic mass is 35.5. The van der Waals surface area contributed by atoms with E-state index in [-0.39, 0.29) is 5.91 Å². The first kappa shape index (κ1) is 14.9. The van der Waals surface area contributed by atoms with Crippen LogP contribution in [0.3, 0.4) is 0 Å². The summed E-state index contributed by atoms with van der Waals surface area (Å²) in [6.45, 7) is 6.61. The first-order valence-corrected chi connectivity index (χ1v) is 7.35. The van der Waals surface area contributed by atoms with Crippen molar-refractivity contribution in [2.24, 2.45) is 5.92 Å². The lowest BCUT2D eigenvalue weighted by Crippen LogP contribution is -2.30. The van der Waals surface area contributed by atoms with Gasteiger partial charge in [-0.1, -0.05) is 17.2 Å². The quantitative estimate of drug-likeness (QED) is 0.864. The number of benzene rings is 1. The summed E-state index contributed by atoms with van der Waals surface area (Å²) in [7, 11) is 0. The molecule has 1 fully saturated rings. The number of hydrogen-bond donors (Lipinski definition) is 1. The van der Waals surface area contributed by atoms with Gasteiger partial charge in [0.05, 0.1) is 0 Å². The molecule has 2 rings (SSSR count). The van der Waals surface area contributed by atoms with Gasteiger partial charge >= 0.3 is 0 Å². The second-order valence-electron chi connectivity index (χ2n) is 5.54. The third-order valence-electron chi connectivity index (χ3n) is 3.46. The molecule has 1 aromatic carbocycles. The lowest BCUT2D eigenvalue weighted by Gasteiger charge is -2.18. The van der Waals surface area contributed by atoms with Gasteiger partial charge in [-0.2, -0.15) is 0 Å². The van der Waals surface area contributed by atoms with Crippen LogP contribution in [0.2, 0.25) is 5.02 Å². The van der Waals surface area contributed by atoms with E-state index >= 15 is 0 Å². The average Bonchev–Trinajstić information content (AvgIpc) is 2.85. The summed E-state index contributed by atoms with van der Waals surface area (Å²) < 4.78 is 0. The van der Waals surface area contributed by atoms with E-state index in [0.717, 1.165) is 36.7 Å². The second-order valence-corrected chi connectivity index (χ2v) is 5.98. The minimum Gasteiger partial charge on any atom is -0.371 e. The molecule has 4 heteroatoms. The van der Waals surface area contributed by atoms with Crippen molar-refractivity contribution in [2.45, 2.75) is 20.3 Å². The molecular weight excluding hydrogens is 272 g/mol. The summed E-state index contributed by atoms with van der Waals surface area (Å²) in [4.78, 5) is 13.9. The number of rotatable bonds is 4. The molecule has 1 saturated heterocycles. The number of nitrogens with zero attached hydrogens (tertiary/aromatic N) is 1. The van der Waals surface area contributed by atoms with Crippen molar-refractivity contribution in [2.75, 3.05) is 24.5 Å². The number of anilines is 1. The van der Waals surface area contributed by atoms with E-state index in [9.17, 15) is 4.79 Å². The van der Waals surface area contributed by atoms with E-state index in [0.29, 0.717) is 5.92 Å². The number of hydrogen-bond acceptors (Lipinski definition) is 2. The first-order valence-electron chi connectivity index (χ1n) is 6.98. The van der Waals surface area contributed by atoms with Crippen molar-refractivity contribution in [3.8, 4) is 0 Å². The summed E-state index contributed by atoms with van der Waals surface area (Å²) in [5.41, 5.74) is 2.23. The van der Waals surface area contributed by atoms with Gasteiger partial charge in [0.2, 0.25) is 5.91 Å². The summed E-state index contributed by atoms with van der Waals surface area (Å²) >= 11 is 5.90. The van der Waals surface area contributed by atoms with Crippen molar-refractivity contribution < 1.29 is 4.79 Å². The molecular formula is C16H21ClN2O. The molecule has 1 N–H and O–H groups in total. The molecule has 0 bridgehead atoms. The van der Waals surface area contributed by atoms with Gasteiger partial charge in [-0.3, -0.25) is 4.79 Å². The normalized spacial score (nSPS) is 17.9. The van der Waals surface area contributed by atoms with Gasteiger partial charge in [0.15, 0.2) is 0 Å². The van der Waals surface area contributed by atoms with Gasteiger partial charge in [0.25, 0.3) is 0 Å². The van der Waals surface area contributed by atoms with Gasteiger partial charge in [0, 0.05) is 36.4 Å². The van der Waals surface area contributed by atoms with Crippen LogP contribution in [-0.4, -0.2) is 25.5 Å². The minimum absolute atomic E-state index is 0.00921. The number of allylic oxidation sites excluding steroid dienone is 1. The third-order valence-corrected chi connectivity index (χ3v) is 3.71. The van der Waals surface area contributed by atoms with E-state index in [2.05, 4.69) is 10.2 Å². The van der Waals surface area contributed by atoms with Crippen LogP contribution in [0.25, 0.3) is 0 Å². The maximum absolute atomic E-state index is 11.6. The highest BCUT2D eigenvalue weighted by Gasteiger charge is 2.22. The Morgan fingerprint density at radius 1 is 1.40 bits per heavy atom. The number of carbonyl (C=O) groups excluding carboxylic acids is 1. The smallest absolute Gasteiger partial charge is 0.243 e. The average molecular weight is 293 g/mol. The van der Waals surface area contributed by atoms with Gasteiger partial charge in [0.1, 0.15) is 0 Å². The predicted molar refractivity (Wildman–Crippen MR) is 84.2 cm³/mol. The van der Waals surface area contributed by atoms with Crippen LogP contribution in [0.15, 0.2) is 35.9 Å². The number of carbonyl (C=O) groups is 1. The zero-order valence-electron chi connectivity index (χ0n) is 12.0. The number of halogens is 1. The molecule has 0 saturated carbocycles. The fourth-order valence-electron chi connectivity index (χ4n) is 2.44. The molecule has 1 amide bonds. The Kier molecular flexibility index (Phi) is 5.07. The highest BCUT2D eigenvalue weighted by Crippen LogP contribution is 2.24. The Labute approximate surface area is 125 Å². The second kappa shape index (κ2) is 6.80. The first-order chi connectivity index (χ1) is 9.54. The third kappa shape index (κ3) is 4.27. The minimum atomic E-state index is 0.00921. The monoisotopic (exact) mass is 292 g/mol. The maximum atomic E-state index is 11.6. The molecule has 108 valence electrons. The molecule has 0 radical (unpaired) electrons. The van der Waals surface area contributed by atoms with Gasteiger partial charge < -0.3 is 10.2 Å². The van der Waals surface area contributed by atoms with Gasteiger partial charge in [-0.05, 0) is 50.5 Å². The van der Waals surface area contributed by atoms with E-state index in [4.69, 9.17) is 11.6 Å². The lowest BCUT2D eigenvalue weighted by molar-refractivity contribution is -0.116. The summed E-state index contributed by atoms with van der Waals surface area (Å²) in [6, 6.07) is 7.93. The molecule has 20 heavy (non-hydrogen) atoms. The van der Waals surface area contributed by atoms with Crippen LogP contribution in [0.4, 0.5) is 5.69 Å². The summed E-state index contributed by atoms with van der Waals surface area (Å²) in [5, 5.41) is 3.74. The Balaban J connectivity index is 1.82. The SMILES string of the molecule is CC(C)=CC(=O)NC[C@@H]1CCN(c2ccc(Cl)cc2)C1. The van der Waals surface area contributed by atoms with E-state index in [1.165, 1.54) is 5.69 Å². The molecule has 0 aliphatic carbocycles. The molecule has 0 spiro atoms. The van der Waals surface area contributed by atoms with Crippen LogP contribution >= 0.6 is 11.6 Å². The number of amides is 1.